The average Bonchev–Trinajstić information content (AvgIpc) is 2.35. The van der Waals surface area contributed by atoms with E-state index in [4.69, 9.17) is 11.6 Å². The van der Waals surface area contributed by atoms with Gasteiger partial charge in [0, 0.05) is 5.56 Å². The summed E-state index contributed by atoms with van der Waals surface area (Å²) in [5.74, 6) is -0.898. The molecule has 0 amide bonds. The van der Waals surface area contributed by atoms with Crippen molar-refractivity contribution in [2.75, 3.05) is 5.32 Å². The molecule has 1 unspecified atom stereocenters. The van der Waals surface area contributed by atoms with Crippen LogP contribution in [0.1, 0.15) is 24.1 Å². The SMILES string of the molecule is Cc1ccc(NC(C)c2cc(F)ccc2F)c(Cl)c1. The number of hydrogen-bond donors (Lipinski definition) is 1. The topological polar surface area (TPSA) is 12.0 Å². The van der Waals surface area contributed by atoms with Gasteiger partial charge in [-0.1, -0.05) is 17.7 Å². The van der Waals surface area contributed by atoms with Crippen molar-refractivity contribution >= 4 is 17.3 Å². The number of aryl methyl sites for hydroxylation is 1. The van der Waals surface area contributed by atoms with Gasteiger partial charge >= 0.3 is 0 Å². The first-order valence-electron chi connectivity index (χ1n) is 5.95. The maximum Gasteiger partial charge on any atom is 0.128 e. The van der Waals surface area contributed by atoms with E-state index in [-0.39, 0.29) is 11.6 Å². The van der Waals surface area contributed by atoms with Crippen LogP contribution in [0, 0.1) is 18.6 Å². The molecule has 0 aliphatic heterocycles. The maximum atomic E-state index is 13.6. The molecule has 2 rings (SSSR count). The van der Waals surface area contributed by atoms with Gasteiger partial charge in [0.15, 0.2) is 0 Å². The summed E-state index contributed by atoms with van der Waals surface area (Å²) in [6.45, 7) is 3.69. The monoisotopic (exact) mass is 281 g/mol. The van der Waals surface area contributed by atoms with Gasteiger partial charge in [0.25, 0.3) is 0 Å². The molecular formula is C15H14ClF2N. The second-order valence-electron chi connectivity index (χ2n) is 4.52. The van der Waals surface area contributed by atoms with E-state index in [1.54, 1.807) is 6.92 Å². The summed E-state index contributed by atoms with van der Waals surface area (Å²) < 4.78 is 26.8. The third-order valence-electron chi connectivity index (χ3n) is 2.92. The molecule has 0 fully saturated rings. The van der Waals surface area contributed by atoms with Gasteiger partial charge in [0.2, 0.25) is 0 Å². The van der Waals surface area contributed by atoms with E-state index in [9.17, 15) is 8.78 Å². The zero-order chi connectivity index (χ0) is 14.0. The van der Waals surface area contributed by atoms with Crippen molar-refractivity contribution in [3.63, 3.8) is 0 Å². The zero-order valence-corrected chi connectivity index (χ0v) is 11.4. The molecule has 4 heteroatoms. The molecule has 2 aromatic carbocycles. The summed E-state index contributed by atoms with van der Waals surface area (Å²) in [5.41, 5.74) is 2.01. The molecule has 0 aliphatic carbocycles. The molecule has 0 aliphatic rings. The van der Waals surface area contributed by atoms with Crippen LogP contribution in [0.25, 0.3) is 0 Å². The van der Waals surface area contributed by atoms with E-state index in [1.807, 2.05) is 25.1 Å². The van der Waals surface area contributed by atoms with Gasteiger partial charge < -0.3 is 5.32 Å². The smallest absolute Gasteiger partial charge is 0.128 e. The summed E-state index contributed by atoms with van der Waals surface area (Å²) in [6.07, 6.45) is 0. The highest BCUT2D eigenvalue weighted by Crippen LogP contribution is 2.28. The van der Waals surface area contributed by atoms with E-state index < -0.39 is 11.6 Å². The van der Waals surface area contributed by atoms with Crippen LogP contribution in [0.3, 0.4) is 0 Å². The van der Waals surface area contributed by atoms with Crippen LogP contribution in [-0.2, 0) is 0 Å². The molecule has 0 saturated heterocycles. The molecule has 0 saturated carbocycles. The Labute approximate surface area is 116 Å². The Kier molecular flexibility index (Phi) is 4.05. The fourth-order valence-corrected chi connectivity index (χ4v) is 2.18. The third kappa shape index (κ3) is 3.24. The normalized spacial score (nSPS) is 12.3. The highest BCUT2D eigenvalue weighted by atomic mass is 35.5. The van der Waals surface area contributed by atoms with Crippen LogP contribution in [0.4, 0.5) is 14.5 Å². The standard InChI is InChI=1S/C15H14ClF2N/c1-9-3-6-15(13(16)7-9)19-10(2)12-8-11(17)4-5-14(12)18/h3-8,10,19H,1-2H3. The fourth-order valence-electron chi connectivity index (χ4n) is 1.89. The zero-order valence-electron chi connectivity index (χ0n) is 10.7. The summed E-state index contributed by atoms with van der Waals surface area (Å²) in [7, 11) is 0. The molecule has 0 aromatic heterocycles. The Balaban J connectivity index is 2.25. The molecule has 2 aromatic rings. The lowest BCUT2D eigenvalue weighted by molar-refractivity contribution is 0.577. The van der Waals surface area contributed by atoms with Gasteiger partial charge in [0.1, 0.15) is 11.6 Å². The first-order valence-corrected chi connectivity index (χ1v) is 6.33. The second-order valence-corrected chi connectivity index (χ2v) is 4.92. The van der Waals surface area contributed by atoms with Crippen LogP contribution in [0.2, 0.25) is 5.02 Å². The summed E-state index contributed by atoms with van der Waals surface area (Å²) in [5, 5.41) is 3.64. The van der Waals surface area contributed by atoms with E-state index in [0.717, 1.165) is 17.7 Å². The lowest BCUT2D eigenvalue weighted by atomic mass is 10.1. The maximum absolute atomic E-state index is 13.6. The van der Waals surface area contributed by atoms with Crippen molar-refractivity contribution in [3.8, 4) is 0 Å². The van der Waals surface area contributed by atoms with Crippen LogP contribution < -0.4 is 5.32 Å². The predicted molar refractivity (Wildman–Crippen MR) is 74.6 cm³/mol. The van der Waals surface area contributed by atoms with E-state index in [1.165, 1.54) is 6.07 Å². The Hall–Kier alpha value is -1.61. The third-order valence-corrected chi connectivity index (χ3v) is 3.23. The Morgan fingerprint density at radius 1 is 1.11 bits per heavy atom. The number of halogens is 3. The highest BCUT2D eigenvalue weighted by molar-refractivity contribution is 6.33. The van der Waals surface area contributed by atoms with Crippen molar-refractivity contribution < 1.29 is 8.78 Å². The number of benzene rings is 2. The van der Waals surface area contributed by atoms with E-state index in [2.05, 4.69) is 5.32 Å². The van der Waals surface area contributed by atoms with Crippen molar-refractivity contribution in [2.45, 2.75) is 19.9 Å². The first-order chi connectivity index (χ1) is 8.97. The molecule has 0 spiro atoms. The number of nitrogens with one attached hydrogen (secondary N) is 1. The summed E-state index contributed by atoms with van der Waals surface area (Å²) in [6, 6.07) is 8.59. The number of hydrogen-bond acceptors (Lipinski definition) is 1. The van der Waals surface area contributed by atoms with Gasteiger partial charge in [-0.25, -0.2) is 8.78 Å². The van der Waals surface area contributed by atoms with Crippen molar-refractivity contribution in [3.05, 3.63) is 64.2 Å². The molecule has 100 valence electrons. The summed E-state index contributed by atoms with van der Waals surface area (Å²) >= 11 is 6.10. The molecule has 19 heavy (non-hydrogen) atoms. The lowest BCUT2D eigenvalue weighted by Gasteiger charge is -2.17. The minimum atomic E-state index is -0.458. The van der Waals surface area contributed by atoms with E-state index >= 15 is 0 Å². The largest absolute Gasteiger partial charge is 0.377 e. The fraction of sp³-hybridized carbons (Fsp3) is 0.200. The van der Waals surface area contributed by atoms with Gasteiger partial charge in [0.05, 0.1) is 16.8 Å². The van der Waals surface area contributed by atoms with Crippen molar-refractivity contribution in [2.24, 2.45) is 0 Å². The van der Waals surface area contributed by atoms with Crippen LogP contribution in [-0.4, -0.2) is 0 Å². The van der Waals surface area contributed by atoms with Crippen LogP contribution in [0.5, 0.6) is 0 Å². The molecule has 0 radical (unpaired) electrons. The first kappa shape index (κ1) is 13.8. The minimum absolute atomic E-state index is 0.275. The highest BCUT2D eigenvalue weighted by Gasteiger charge is 2.13. The molecule has 0 heterocycles. The number of rotatable bonds is 3. The molecule has 1 nitrogen and oxygen atoms in total. The Morgan fingerprint density at radius 3 is 2.53 bits per heavy atom. The second kappa shape index (κ2) is 5.57. The minimum Gasteiger partial charge on any atom is -0.377 e. The summed E-state index contributed by atoms with van der Waals surface area (Å²) in [4.78, 5) is 0. The molecule has 1 N–H and O–H groups in total. The number of anilines is 1. The van der Waals surface area contributed by atoms with Gasteiger partial charge in [-0.15, -0.1) is 0 Å². The van der Waals surface area contributed by atoms with Gasteiger partial charge in [-0.05, 0) is 49.7 Å². The Bertz CT molecular complexity index is 599. The molecule has 1 atom stereocenters. The van der Waals surface area contributed by atoms with E-state index in [0.29, 0.717) is 10.7 Å². The lowest BCUT2D eigenvalue weighted by Crippen LogP contribution is -2.09. The van der Waals surface area contributed by atoms with Crippen LogP contribution in [0.15, 0.2) is 36.4 Å². The van der Waals surface area contributed by atoms with Crippen molar-refractivity contribution in [1.82, 2.24) is 0 Å². The van der Waals surface area contributed by atoms with Crippen LogP contribution >= 0.6 is 11.6 Å². The van der Waals surface area contributed by atoms with Crippen molar-refractivity contribution in [1.29, 1.82) is 0 Å². The van der Waals surface area contributed by atoms with Gasteiger partial charge in [-0.3, -0.25) is 0 Å². The Morgan fingerprint density at radius 2 is 1.84 bits per heavy atom. The van der Waals surface area contributed by atoms with Gasteiger partial charge in [-0.2, -0.15) is 0 Å². The molecular weight excluding hydrogens is 268 g/mol. The average molecular weight is 282 g/mol. The predicted octanol–water partition coefficient (Wildman–Crippen LogP) is 5.10. The quantitative estimate of drug-likeness (QED) is 0.825. The molecule has 0 bridgehead atoms.